The summed E-state index contributed by atoms with van der Waals surface area (Å²) in [5.41, 5.74) is 4.21. The van der Waals surface area contributed by atoms with Crippen LogP contribution in [0.2, 0.25) is 0 Å². The lowest BCUT2D eigenvalue weighted by molar-refractivity contribution is -0.384. The van der Waals surface area contributed by atoms with Crippen LogP contribution in [0.4, 0.5) is 11.4 Å². The van der Waals surface area contributed by atoms with E-state index in [4.69, 9.17) is 4.42 Å². The first-order chi connectivity index (χ1) is 19.8. The molecule has 41 heavy (non-hydrogen) atoms. The number of hydrogen-bond acceptors (Lipinski definition) is 7. The van der Waals surface area contributed by atoms with Crippen LogP contribution in [0.25, 0.3) is 0 Å². The van der Waals surface area contributed by atoms with Crippen LogP contribution in [0.15, 0.2) is 94.4 Å². The van der Waals surface area contributed by atoms with Gasteiger partial charge in [0, 0.05) is 18.2 Å². The van der Waals surface area contributed by atoms with E-state index in [0.29, 0.717) is 5.76 Å². The standard InChI is InChI=1S/C31H22N4O6/c1-17-14-15-24(41-17)28(36)33-32-16-31-20-10-4-2-8-18(20)25(19-9-3-5-11-21(19)31)26-27(31)30(38)34(29(26)37)22-12-6-7-13-23(22)35(39)40/h2-16,25-27H,1H3,(H,33,36)/b32-16-/t25?,26-,27-,31?/m1/s1. The number of rotatable bonds is 5. The van der Waals surface area contributed by atoms with Gasteiger partial charge in [-0.1, -0.05) is 60.7 Å². The second kappa shape index (κ2) is 8.82. The molecule has 8 rings (SSSR count). The summed E-state index contributed by atoms with van der Waals surface area (Å²) in [4.78, 5) is 53.6. The van der Waals surface area contributed by atoms with E-state index in [2.05, 4.69) is 10.5 Å². The number of para-hydroxylation sites is 2. The number of nitrogens with one attached hydrogen (secondary N) is 1. The summed E-state index contributed by atoms with van der Waals surface area (Å²) in [6.45, 7) is 1.72. The van der Waals surface area contributed by atoms with E-state index in [1.54, 1.807) is 19.1 Å². The molecule has 202 valence electrons. The first-order valence-electron chi connectivity index (χ1n) is 13.1. The molecule has 0 unspecified atom stereocenters. The highest BCUT2D eigenvalue weighted by molar-refractivity contribution is 6.25. The smallest absolute Gasteiger partial charge is 0.307 e. The minimum atomic E-state index is -1.23. The van der Waals surface area contributed by atoms with E-state index in [-0.39, 0.29) is 17.1 Å². The number of hydrazone groups is 1. The molecule has 1 aliphatic heterocycles. The molecular weight excluding hydrogens is 524 g/mol. The van der Waals surface area contributed by atoms with E-state index < -0.39 is 45.8 Å². The zero-order valence-corrected chi connectivity index (χ0v) is 21.7. The van der Waals surface area contributed by atoms with Crippen molar-refractivity contribution in [2.45, 2.75) is 18.3 Å². The summed E-state index contributed by atoms with van der Waals surface area (Å²) in [7, 11) is 0. The van der Waals surface area contributed by atoms with Crippen molar-refractivity contribution >= 4 is 35.3 Å². The van der Waals surface area contributed by atoms with Crippen molar-refractivity contribution in [1.29, 1.82) is 0 Å². The molecule has 10 heteroatoms. The highest BCUT2D eigenvalue weighted by Crippen LogP contribution is 2.63. The number of anilines is 1. The van der Waals surface area contributed by atoms with Gasteiger partial charge in [-0.15, -0.1) is 0 Å². The summed E-state index contributed by atoms with van der Waals surface area (Å²) in [5, 5.41) is 16.2. The quantitative estimate of drug-likeness (QED) is 0.170. The Hall–Kier alpha value is -5.38. The van der Waals surface area contributed by atoms with Crippen LogP contribution in [0.5, 0.6) is 0 Å². The first kappa shape index (κ1) is 24.6. The second-order valence-corrected chi connectivity index (χ2v) is 10.4. The van der Waals surface area contributed by atoms with Crippen molar-refractivity contribution in [3.63, 3.8) is 0 Å². The number of hydrogen-bond donors (Lipinski definition) is 1. The van der Waals surface area contributed by atoms with Crippen LogP contribution >= 0.6 is 0 Å². The highest BCUT2D eigenvalue weighted by atomic mass is 16.6. The van der Waals surface area contributed by atoms with Crippen molar-refractivity contribution in [2.24, 2.45) is 16.9 Å². The number of carbonyl (C=O) groups excluding carboxylic acids is 3. The molecule has 2 bridgehead atoms. The van der Waals surface area contributed by atoms with Crippen LogP contribution < -0.4 is 10.3 Å². The minimum Gasteiger partial charge on any atom is -0.456 e. The molecule has 4 aliphatic rings. The van der Waals surface area contributed by atoms with Crippen molar-refractivity contribution in [3.05, 3.63) is 129 Å². The van der Waals surface area contributed by atoms with Gasteiger partial charge in [0.05, 0.1) is 22.2 Å². The van der Waals surface area contributed by atoms with Crippen LogP contribution in [0.3, 0.4) is 0 Å². The van der Waals surface area contributed by atoms with Crippen LogP contribution in [0, 0.1) is 28.9 Å². The van der Waals surface area contributed by atoms with Gasteiger partial charge in [-0.25, -0.2) is 10.3 Å². The first-order valence-corrected chi connectivity index (χ1v) is 13.1. The van der Waals surface area contributed by atoms with E-state index >= 15 is 0 Å². The second-order valence-electron chi connectivity index (χ2n) is 10.4. The molecule has 3 aromatic carbocycles. The largest absolute Gasteiger partial charge is 0.456 e. The molecule has 1 saturated heterocycles. The average molecular weight is 547 g/mol. The maximum absolute atomic E-state index is 14.4. The zero-order valence-electron chi connectivity index (χ0n) is 21.7. The third kappa shape index (κ3) is 3.30. The SMILES string of the molecule is Cc1ccc(C(=O)N/N=C\C23c4ccccc4C(c4ccccc42)[C@H]2C(=O)N(c4ccccc4[N+](=O)[O-])C(=O)[C@@H]23)o1. The Bertz CT molecular complexity index is 1780. The number of furan rings is 1. The molecule has 1 fully saturated rings. The third-order valence-corrected chi connectivity index (χ3v) is 8.40. The molecule has 0 radical (unpaired) electrons. The minimum absolute atomic E-state index is 0.0667. The summed E-state index contributed by atoms with van der Waals surface area (Å²) in [6.07, 6.45) is 1.53. The number of amides is 3. The number of carbonyl (C=O) groups is 3. The molecule has 2 atom stereocenters. The van der Waals surface area contributed by atoms with Gasteiger partial charge in [0.1, 0.15) is 11.4 Å². The number of nitro groups is 1. The molecule has 4 aromatic rings. The molecule has 0 spiro atoms. The molecule has 1 aromatic heterocycles. The predicted octanol–water partition coefficient (Wildman–Crippen LogP) is 4.46. The molecular formula is C31H22N4O6. The number of aryl methyl sites for hydroxylation is 1. The monoisotopic (exact) mass is 546 g/mol. The van der Waals surface area contributed by atoms with Gasteiger partial charge in [0.15, 0.2) is 5.76 Å². The number of benzene rings is 3. The fourth-order valence-electron chi connectivity index (χ4n) is 6.90. The lowest BCUT2D eigenvalue weighted by Gasteiger charge is -2.52. The molecule has 1 N–H and O–H groups in total. The molecule has 3 amide bonds. The van der Waals surface area contributed by atoms with E-state index in [9.17, 15) is 24.5 Å². The fourth-order valence-corrected chi connectivity index (χ4v) is 6.90. The number of nitrogens with zero attached hydrogens (tertiary/aromatic N) is 3. The lowest BCUT2D eigenvalue weighted by Crippen LogP contribution is -2.54. The molecule has 2 heterocycles. The van der Waals surface area contributed by atoms with Gasteiger partial charge in [-0.05, 0) is 47.4 Å². The Labute approximate surface area is 233 Å². The topological polar surface area (TPSA) is 135 Å². The van der Waals surface area contributed by atoms with Gasteiger partial charge in [0.2, 0.25) is 11.8 Å². The molecule has 0 saturated carbocycles. The summed E-state index contributed by atoms with van der Waals surface area (Å²) >= 11 is 0. The lowest BCUT2D eigenvalue weighted by atomic mass is 9.47. The number of imide groups is 1. The van der Waals surface area contributed by atoms with E-state index in [0.717, 1.165) is 27.2 Å². The van der Waals surface area contributed by atoms with Crippen molar-refractivity contribution in [3.8, 4) is 0 Å². The summed E-state index contributed by atoms with van der Waals surface area (Å²) in [6, 6.07) is 24.1. The van der Waals surface area contributed by atoms with Gasteiger partial charge in [-0.2, -0.15) is 5.10 Å². The van der Waals surface area contributed by atoms with Crippen LogP contribution in [-0.4, -0.2) is 28.9 Å². The third-order valence-electron chi connectivity index (χ3n) is 8.40. The van der Waals surface area contributed by atoms with Gasteiger partial charge >= 0.3 is 5.91 Å². The van der Waals surface area contributed by atoms with Crippen molar-refractivity contribution in [2.75, 3.05) is 4.90 Å². The summed E-state index contributed by atoms with van der Waals surface area (Å²) < 4.78 is 5.41. The van der Waals surface area contributed by atoms with E-state index in [1.807, 2.05) is 48.5 Å². The Morgan fingerprint density at radius 2 is 1.59 bits per heavy atom. The number of nitro benzene ring substituents is 1. The Morgan fingerprint density at radius 3 is 2.22 bits per heavy atom. The van der Waals surface area contributed by atoms with Crippen molar-refractivity contribution < 1.29 is 23.7 Å². The van der Waals surface area contributed by atoms with Crippen LogP contribution in [-0.2, 0) is 15.0 Å². The van der Waals surface area contributed by atoms with Gasteiger partial charge in [0.25, 0.3) is 5.69 Å². The Morgan fingerprint density at radius 1 is 0.951 bits per heavy atom. The average Bonchev–Trinajstić information content (AvgIpc) is 3.54. The predicted molar refractivity (Wildman–Crippen MR) is 147 cm³/mol. The maximum atomic E-state index is 14.4. The normalized spacial score (nSPS) is 23.8. The molecule has 3 aliphatic carbocycles. The van der Waals surface area contributed by atoms with Gasteiger partial charge < -0.3 is 4.42 Å². The maximum Gasteiger partial charge on any atom is 0.307 e. The summed E-state index contributed by atoms with van der Waals surface area (Å²) in [5.74, 6) is -3.19. The van der Waals surface area contributed by atoms with Gasteiger partial charge in [-0.3, -0.25) is 24.5 Å². The van der Waals surface area contributed by atoms with Crippen molar-refractivity contribution in [1.82, 2.24) is 5.43 Å². The Kier molecular flexibility index (Phi) is 5.30. The van der Waals surface area contributed by atoms with Crippen LogP contribution in [0.1, 0.15) is 44.5 Å². The zero-order chi connectivity index (χ0) is 28.5. The molecule has 10 nitrogen and oxygen atoms in total. The Balaban J connectivity index is 1.42. The fraction of sp³-hybridized carbons (Fsp3) is 0.161. The van der Waals surface area contributed by atoms with E-state index in [1.165, 1.54) is 30.5 Å². The highest BCUT2D eigenvalue weighted by Gasteiger charge is 2.68.